The predicted octanol–water partition coefficient (Wildman–Crippen LogP) is 13.4. The Bertz CT molecular complexity index is 2550. The summed E-state index contributed by atoms with van der Waals surface area (Å²) in [4.78, 5) is 0. The second-order valence-electron chi connectivity index (χ2n) is 15.7. The molecule has 50 heavy (non-hydrogen) atoms. The summed E-state index contributed by atoms with van der Waals surface area (Å²) in [7, 11) is 0. The molecule has 4 bridgehead atoms. The van der Waals surface area contributed by atoms with Crippen molar-refractivity contribution in [3.63, 3.8) is 0 Å². The second kappa shape index (κ2) is 11.2. The first-order valence-corrected chi connectivity index (χ1v) is 18.8. The number of para-hydroxylation sites is 1. The molecule has 1 heterocycles. The van der Waals surface area contributed by atoms with Gasteiger partial charge in [-0.3, -0.25) is 0 Å². The van der Waals surface area contributed by atoms with Gasteiger partial charge < -0.3 is 4.42 Å². The van der Waals surface area contributed by atoms with Crippen LogP contribution in [0.25, 0.3) is 76.9 Å². The van der Waals surface area contributed by atoms with Crippen molar-refractivity contribution in [1.82, 2.24) is 0 Å². The first-order chi connectivity index (χ1) is 24.7. The molecule has 8 aromatic rings. The van der Waals surface area contributed by atoms with Gasteiger partial charge in [0.1, 0.15) is 11.2 Å². The molecular formula is C49H40O. The molecule has 2 atom stereocenters. The van der Waals surface area contributed by atoms with Crippen LogP contribution in [0, 0.1) is 23.7 Å². The largest absolute Gasteiger partial charge is 0.456 e. The van der Waals surface area contributed by atoms with Crippen molar-refractivity contribution >= 4 is 43.5 Å². The van der Waals surface area contributed by atoms with Gasteiger partial charge >= 0.3 is 0 Å². The molecule has 1 heteroatoms. The molecule has 2 saturated carbocycles. The lowest BCUT2D eigenvalue weighted by atomic mass is 9.63. The summed E-state index contributed by atoms with van der Waals surface area (Å²) in [5, 5.41) is 7.52. The zero-order valence-electron chi connectivity index (χ0n) is 28.4. The van der Waals surface area contributed by atoms with Crippen molar-refractivity contribution in [3.05, 3.63) is 145 Å². The predicted molar refractivity (Wildman–Crippen MR) is 209 cm³/mol. The van der Waals surface area contributed by atoms with E-state index in [0.29, 0.717) is 0 Å². The van der Waals surface area contributed by atoms with Gasteiger partial charge in [0.05, 0.1) is 0 Å². The van der Waals surface area contributed by atoms with Crippen molar-refractivity contribution in [2.45, 2.75) is 44.9 Å². The molecule has 242 valence electrons. The van der Waals surface area contributed by atoms with E-state index in [2.05, 4.69) is 127 Å². The van der Waals surface area contributed by atoms with Crippen LogP contribution in [0.5, 0.6) is 0 Å². The Hall–Kier alpha value is -5.14. The fourth-order valence-electron chi connectivity index (χ4n) is 10.9. The van der Waals surface area contributed by atoms with E-state index in [1.165, 1.54) is 116 Å². The fourth-order valence-corrected chi connectivity index (χ4v) is 10.9. The molecular weight excluding hydrogens is 605 g/mol. The van der Waals surface area contributed by atoms with Gasteiger partial charge in [0.15, 0.2) is 0 Å². The van der Waals surface area contributed by atoms with Crippen molar-refractivity contribution in [2.75, 3.05) is 0 Å². The van der Waals surface area contributed by atoms with E-state index < -0.39 is 0 Å². The Morgan fingerprint density at radius 3 is 1.52 bits per heavy atom. The lowest BCUT2D eigenvalue weighted by molar-refractivity contribution is 0.0973. The molecule has 7 aromatic carbocycles. The van der Waals surface area contributed by atoms with Crippen LogP contribution in [0.4, 0.5) is 0 Å². The minimum Gasteiger partial charge on any atom is -0.456 e. The summed E-state index contributed by atoms with van der Waals surface area (Å²) in [6.45, 7) is 0. The van der Waals surface area contributed by atoms with E-state index in [1.54, 1.807) is 5.56 Å². The number of hydrogen-bond acceptors (Lipinski definition) is 1. The third-order valence-electron chi connectivity index (χ3n) is 12.7. The van der Waals surface area contributed by atoms with E-state index in [-0.39, 0.29) is 0 Å². The topological polar surface area (TPSA) is 13.1 Å². The molecule has 0 N–H and O–H groups in total. The minimum absolute atomic E-state index is 0.781. The van der Waals surface area contributed by atoms with Gasteiger partial charge in [-0.2, -0.15) is 0 Å². The molecule has 4 aliphatic rings. The number of rotatable bonds is 2. The van der Waals surface area contributed by atoms with Gasteiger partial charge in [0.25, 0.3) is 0 Å². The summed E-state index contributed by atoms with van der Waals surface area (Å²) < 4.78 is 6.39. The molecule has 0 amide bonds. The Balaban J connectivity index is 1.13. The number of furan rings is 1. The first kappa shape index (κ1) is 28.7. The van der Waals surface area contributed by atoms with E-state index >= 15 is 0 Å². The van der Waals surface area contributed by atoms with E-state index in [1.807, 2.05) is 6.07 Å². The first-order valence-electron chi connectivity index (χ1n) is 18.8. The molecule has 0 saturated heterocycles. The average molecular weight is 645 g/mol. The van der Waals surface area contributed by atoms with Crippen LogP contribution in [0.2, 0.25) is 0 Å². The van der Waals surface area contributed by atoms with E-state index in [0.717, 1.165) is 34.8 Å². The van der Waals surface area contributed by atoms with Crippen LogP contribution in [-0.4, -0.2) is 0 Å². The SMILES string of the molecule is c1ccc2c(c1)CC1CC3CC(Cc4cc(-c5c6ccccc6c(-c6ccc7c(c6)oc6ccccc67)c6ccccc56)ccc4-2)CC(C1)C3. The normalized spacial score (nSPS) is 21.4. The summed E-state index contributed by atoms with van der Waals surface area (Å²) in [5.74, 6) is 3.44. The highest BCUT2D eigenvalue weighted by molar-refractivity contribution is 6.22. The van der Waals surface area contributed by atoms with Gasteiger partial charge in [-0.25, -0.2) is 0 Å². The quantitative estimate of drug-likeness (QED) is 0.171. The van der Waals surface area contributed by atoms with E-state index in [9.17, 15) is 0 Å². The van der Waals surface area contributed by atoms with Crippen molar-refractivity contribution in [2.24, 2.45) is 23.7 Å². The molecule has 0 spiro atoms. The monoisotopic (exact) mass is 644 g/mol. The Kier molecular flexibility index (Phi) is 6.42. The summed E-state index contributed by atoms with van der Waals surface area (Å²) in [6, 6.07) is 50.1. The maximum absolute atomic E-state index is 6.39. The highest BCUT2D eigenvalue weighted by atomic mass is 16.3. The van der Waals surface area contributed by atoms with Crippen LogP contribution in [-0.2, 0) is 12.8 Å². The maximum Gasteiger partial charge on any atom is 0.136 e. The molecule has 2 fully saturated rings. The van der Waals surface area contributed by atoms with Gasteiger partial charge in [0, 0.05) is 10.8 Å². The number of hydrogen-bond donors (Lipinski definition) is 0. The zero-order chi connectivity index (χ0) is 32.8. The van der Waals surface area contributed by atoms with Gasteiger partial charge in [-0.15, -0.1) is 0 Å². The molecule has 2 unspecified atom stereocenters. The third-order valence-corrected chi connectivity index (χ3v) is 12.7. The second-order valence-corrected chi connectivity index (χ2v) is 15.7. The molecule has 12 rings (SSSR count). The summed E-state index contributed by atoms with van der Waals surface area (Å²) in [5.41, 5.74) is 13.0. The highest BCUT2D eigenvalue weighted by Gasteiger charge is 2.37. The van der Waals surface area contributed by atoms with Gasteiger partial charge in [-0.1, -0.05) is 115 Å². The summed E-state index contributed by atoms with van der Waals surface area (Å²) >= 11 is 0. The maximum atomic E-state index is 6.39. The van der Waals surface area contributed by atoms with Crippen LogP contribution >= 0.6 is 0 Å². The average Bonchev–Trinajstić information content (AvgIpc) is 3.50. The lowest BCUT2D eigenvalue weighted by Crippen LogP contribution is -2.32. The third kappa shape index (κ3) is 4.52. The Morgan fingerprint density at radius 2 is 0.840 bits per heavy atom. The lowest BCUT2D eigenvalue weighted by Gasteiger charge is -2.42. The Morgan fingerprint density at radius 1 is 0.360 bits per heavy atom. The molecule has 0 aliphatic heterocycles. The molecule has 1 nitrogen and oxygen atoms in total. The molecule has 1 aromatic heterocycles. The number of fused-ring (bicyclic) bond motifs is 5. The molecule has 0 radical (unpaired) electrons. The van der Waals surface area contributed by atoms with Gasteiger partial charge in [0.2, 0.25) is 0 Å². The van der Waals surface area contributed by atoms with Crippen LogP contribution in [0.1, 0.15) is 43.2 Å². The minimum atomic E-state index is 0.781. The standard InChI is InChI=1S/C49H40O/c1-2-10-38-34(9-1)26-32-22-30-21-31(23-32)25-33(24-30)27-37-28-35(17-19-39(37)38)48-42-12-3-5-14-44(42)49(45-15-6-4-13-43(45)48)36-18-20-41-40-11-7-8-16-46(40)50-47(41)29-36/h1-20,28-33H,21-27H2. The Labute approximate surface area is 293 Å². The van der Waals surface area contributed by atoms with Gasteiger partial charge in [-0.05, 0) is 153 Å². The van der Waals surface area contributed by atoms with Crippen molar-refractivity contribution < 1.29 is 4.42 Å². The van der Waals surface area contributed by atoms with Crippen LogP contribution in [0.15, 0.2) is 138 Å². The van der Waals surface area contributed by atoms with Crippen molar-refractivity contribution in [1.29, 1.82) is 0 Å². The van der Waals surface area contributed by atoms with Crippen molar-refractivity contribution in [3.8, 4) is 33.4 Å². The summed E-state index contributed by atoms with van der Waals surface area (Å²) in [6.07, 6.45) is 9.54. The smallest absolute Gasteiger partial charge is 0.136 e. The van der Waals surface area contributed by atoms with Crippen LogP contribution < -0.4 is 0 Å². The number of benzene rings is 7. The zero-order valence-corrected chi connectivity index (χ0v) is 28.4. The molecule has 4 aliphatic carbocycles. The van der Waals surface area contributed by atoms with Crippen LogP contribution in [0.3, 0.4) is 0 Å². The fraction of sp³-hybridized carbons (Fsp3) is 0.224. The highest BCUT2D eigenvalue weighted by Crippen LogP contribution is 2.50. The van der Waals surface area contributed by atoms with E-state index in [4.69, 9.17) is 4.42 Å².